The number of unbranched alkanes of at least 4 members (excludes halogenated alkanes) is 1. The first-order valence-electron chi connectivity index (χ1n) is 11.7. The number of hydrogen-bond donors (Lipinski definition) is 0. The van der Waals surface area contributed by atoms with Crippen molar-refractivity contribution < 1.29 is 4.58 Å². The smallest absolute Gasteiger partial charge is 0.209 e. The van der Waals surface area contributed by atoms with E-state index in [-0.39, 0.29) is 10.8 Å². The number of aryl methyl sites for hydroxylation is 1. The van der Waals surface area contributed by atoms with Gasteiger partial charge in [0.25, 0.3) is 0 Å². The Hall–Kier alpha value is -2.61. The fourth-order valence-electron chi connectivity index (χ4n) is 5.38. The molecule has 4 rings (SSSR count). The van der Waals surface area contributed by atoms with Crippen LogP contribution in [-0.4, -0.2) is 23.9 Å². The lowest BCUT2D eigenvalue weighted by Gasteiger charge is -2.27. The van der Waals surface area contributed by atoms with Gasteiger partial charge >= 0.3 is 0 Å². The van der Waals surface area contributed by atoms with Crippen LogP contribution >= 0.6 is 0 Å². The van der Waals surface area contributed by atoms with Gasteiger partial charge in [-0.2, -0.15) is 4.58 Å². The SMILES string of the molecule is CCCCN1/C(=C/C=C/C2=[N+](C)c3ccccc3C2(C)C)C(C)(C)c2cc(C)ccc21. The van der Waals surface area contributed by atoms with E-state index >= 15 is 0 Å². The molecule has 0 aliphatic carbocycles. The van der Waals surface area contributed by atoms with Crippen molar-refractivity contribution in [2.75, 3.05) is 18.5 Å². The van der Waals surface area contributed by atoms with Gasteiger partial charge in [-0.25, -0.2) is 0 Å². The second kappa shape index (κ2) is 7.82. The van der Waals surface area contributed by atoms with Crippen LogP contribution in [0, 0.1) is 6.92 Å². The van der Waals surface area contributed by atoms with Crippen molar-refractivity contribution in [1.82, 2.24) is 0 Å². The summed E-state index contributed by atoms with van der Waals surface area (Å²) in [4.78, 5) is 2.55. The Kier molecular flexibility index (Phi) is 5.45. The molecule has 0 saturated carbocycles. The van der Waals surface area contributed by atoms with Gasteiger partial charge in [-0.3, -0.25) is 0 Å². The second-order valence-electron chi connectivity index (χ2n) is 10.1. The first-order valence-corrected chi connectivity index (χ1v) is 11.7. The van der Waals surface area contributed by atoms with Crippen molar-refractivity contribution in [2.24, 2.45) is 0 Å². The van der Waals surface area contributed by atoms with E-state index in [1.807, 2.05) is 0 Å². The normalized spacial score (nSPS) is 20.1. The quantitative estimate of drug-likeness (QED) is 0.477. The summed E-state index contributed by atoms with van der Waals surface area (Å²) in [6.07, 6.45) is 9.35. The molecule has 2 aliphatic heterocycles. The van der Waals surface area contributed by atoms with E-state index in [1.165, 1.54) is 52.3 Å². The molecule has 0 saturated heterocycles. The van der Waals surface area contributed by atoms with Crippen molar-refractivity contribution in [1.29, 1.82) is 0 Å². The average molecular weight is 414 g/mol. The Bertz CT molecular complexity index is 1100. The third-order valence-corrected chi connectivity index (χ3v) is 7.23. The Balaban J connectivity index is 1.73. The van der Waals surface area contributed by atoms with Crippen molar-refractivity contribution in [2.45, 2.75) is 65.2 Å². The second-order valence-corrected chi connectivity index (χ2v) is 10.1. The van der Waals surface area contributed by atoms with Crippen LogP contribution in [0.2, 0.25) is 0 Å². The van der Waals surface area contributed by atoms with Crippen LogP contribution in [0.3, 0.4) is 0 Å². The lowest BCUT2D eigenvalue weighted by Crippen LogP contribution is -2.27. The molecule has 0 fully saturated rings. The third kappa shape index (κ3) is 3.46. The highest BCUT2D eigenvalue weighted by Crippen LogP contribution is 2.48. The summed E-state index contributed by atoms with van der Waals surface area (Å²) < 4.78 is 2.34. The summed E-state index contributed by atoms with van der Waals surface area (Å²) in [6, 6.07) is 15.7. The molecule has 0 radical (unpaired) electrons. The van der Waals surface area contributed by atoms with Crippen LogP contribution in [0.4, 0.5) is 11.4 Å². The number of benzene rings is 2. The van der Waals surface area contributed by atoms with Crippen LogP contribution in [0.25, 0.3) is 0 Å². The number of fused-ring (bicyclic) bond motifs is 2. The molecule has 0 N–H and O–H groups in total. The highest BCUT2D eigenvalue weighted by Gasteiger charge is 2.43. The molecule has 2 aromatic carbocycles. The van der Waals surface area contributed by atoms with Gasteiger partial charge < -0.3 is 4.90 Å². The predicted octanol–water partition coefficient (Wildman–Crippen LogP) is 7.04. The van der Waals surface area contributed by atoms with Gasteiger partial charge in [0.1, 0.15) is 7.05 Å². The number of anilines is 1. The van der Waals surface area contributed by atoms with Crippen molar-refractivity contribution in [3.63, 3.8) is 0 Å². The van der Waals surface area contributed by atoms with Crippen LogP contribution in [0.1, 0.15) is 64.2 Å². The number of nitrogens with zero attached hydrogens (tertiary/aromatic N) is 2. The van der Waals surface area contributed by atoms with Gasteiger partial charge in [0.05, 0.1) is 5.41 Å². The Morgan fingerprint density at radius 1 is 0.968 bits per heavy atom. The molecule has 2 heterocycles. The van der Waals surface area contributed by atoms with E-state index < -0.39 is 0 Å². The summed E-state index contributed by atoms with van der Waals surface area (Å²) in [7, 11) is 2.19. The topological polar surface area (TPSA) is 6.25 Å². The highest BCUT2D eigenvalue weighted by molar-refractivity contribution is 6.03. The van der Waals surface area contributed by atoms with Crippen molar-refractivity contribution >= 4 is 17.1 Å². The minimum atomic E-state index is 0.00413. The van der Waals surface area contributed by atoms with Gasteiger partial charge in [-0.05, 0) is 44.9 Å². The van der Waals surface area contributed by atoms with Crippen LogP contribution < -0.4 is 4.90 Å². The van der Waals surface area contributed by atoms with Crippen LogP contribution in [0.15, 0.2) is 66.4 Å². The third-order valence-electron chi connectivity index (χ3n) is 7.23. The maximum absolute atomic E-state index is 2.55. The van der Waals surface area contributed by atoms with Crippen LogP contribution in [0.5, 0.6) is 0 Å². The first kappa shape index (κ1) is 21.6. The molecule has 0 bridgehead atoms. The summed E-state index contributed by atoms with van der Waals surface area (Å²) in [5, 5.41) is 0. The van der Waals surface area contributed by atoms with E-state index in [9.17, 15) is 0 Å². The fraction of sp³-hybridized carbons (Fsp3) is 0.414. The van der Waals surface area contributed by atoms with Gasteiger partial charge in [-0.15, -0.1) is 0 Å². The van der Waals surface area contributed by atoms with Crippen molar-refractivity contribution in [3.05, 3.63) is 83.1 Å². The first-order chi connectivity index (χ1) is 14.7. The van der Waals surface area contributed by atoms with E-state index in [1.54, 1.807) is 0 Å². The average Bonchev–Trinajstić information content (AvgIpc) is 3.06. The minimum absolute atomic E-state index is 0.00413. The lowest BCUT2D eigenvalue weighted by atomic mass is 9.81. The molecule has 2 heteroatoms. The summed E-state index contributed by atoms with van der Waals surface area (Å²) >= 11 is 0. The number of allylic oxidation sites excluding steroid dienone is 4. The summed E-state index contributed by atoms with van der Waals surface area (Å²) in [5.41, 5.74) is 9.62. The molecule has 2 nitrogen and oxygen atoms in total. The number of rotatable bonds is 5. The van der Waals surface area contributed by atoms with Crippen molar-refractivity contribution in [3.8, 4) is 0 Å². The lowest BCUT2D eigenvalue weighted by molar-refractivity contribution is -0.401. The Morgan fingerprint density at radius 2 is 1.71 bits per heavy atom. The molecule has 0 atom stereocenters. The number of hydrogen-bond acceptors (Lipinski definition) is 1. The van der Waals surface area contributed by atoms with Gasteiger partial charge in [-0.1, -0.05) is 69.2 Å². The fourth-order valence-corrected chi connectivity index (χ4v) is 5.38. The summed E-state index contributed by atoms with van der Waals surface area (Å²) in [5.74, 6) is 0. The molecular weight excluding hydrogens is 376 g/mol. The molecule has 31 heavy (non-hydrogen) atoms. The molecule has 162 valence electrons. The Labute approximate surface area is 188 Å². The molecular formula is C29H37N2+. The van der Waals surface area contributed by atoms with Gasteiger partial charge in [0.2, 0.25) is 5.69 Å². The standard InChI is InChI=1S/C29H37N2/c1-8-9-19-31-25-18-17-21(2)20-23(25)29(5,6)27(31)16-12-15-26-28(3,4)22-13-10-11-14-24(22)30(26)7/h10-18,20H,8-9,19H2,1-7H3/q+1. The maximum atomic E-state index is 2.55. The zero-order valence-corrected chi connectivity index (χ0v) is 20.3. The van der Waals surface area contributed by atoms with E-state index in [4.69, 9.17) is 0 Å². The van der Waals surface area contributed by atoms with Crippen LogP contribution in [-0.2, 0) is 10.8 Å². The highest BCUT2D eigenvalue weighted by atomic mass is 15.2. The zero-order valence-electron chi connectivity index (χ0n) is 20.3. The number of para-hydroxylation sites is 1. The van der Waals surface area contributed by atoms with E-state index in [0.29, 0.717) is 0 Å². The zero-order chi connectivity index (χ0) is 22.4. The molecule has 0 spiro atoms. The molecule has 2 aliphatic rings. The van der Waals surface area contributed by atoms with E-state index in [2.05, 4.69) is 119 Å². The predicted molar refractivity (Wildman–Crippen MR) is 134 cm³/mol. The van der Waals surface area contributed by atoms with Gasteiger partial charge in [0.15, 0.2) is 5.71 Å². The Morgan fingerprint density at radius 3 is 2.42 bits per heavy atom. The van der Waals surface area contributed by atoms with E-state index in [0.717, 1.165) is 6.54 Å². The minimum Gasteiger partial charge on any atom is -0.344 e. The maximum Gasteiger partial charge on any atom is 0.209 e. The molecule has 2 aromatic rings. The molecule has 0 amide bonds. The molecule has 0 aromatic heterocycles. The van der Waals surface area contributed by atoms with Gasteiger partial charge in [0, 0.05) is 41.1 Å². The molecule has 0 unspecified atom stereocenters. The monoisotopic (exact) mass is 413 g/mol. The largest absolute Gasteiger partial charge is 0.344 e. The summed E-state index contributed by atoms with van der Waals surface area (Å²) in [6.45, 7) is 14.9.